The molecule has 0 aliphatic carbocycles. The topological polar surface area (TPSA) is 47.9 Å². The summed E-state index contributed by atoms with van der Waals surface area (Å²) < 4.78 is 39.4. The molecule has 0 saturated heterocycles. The van der Waals surface area contributed by atoms with Crippen LogP contribution in [0.4, 0.5) is 13.2 Å². The van der Waals surface area contributed by atoms with Crippen LogP contribution in [-0.4, -0.2) is 21.5 Å². The molecule has 0 bridgehead atoms. The summed E-state index contributed by atoms with van der Waals surface area (Å²) >= 11 is 5.47. The molecule has 0 saturated carbocycles. The van der Waals surface area contributed by atoms with Gasteiger partial charge in [0.15, 0.2) is 0 Å². The first kappa shape index (κ1) is 10.9. The Bertz CT molecular complexity index is 531. The van der Waals surface area contributed by atoms with Gasteiger partial charge in [0.05, 0.1) is 5.52 Å². The SMILES string of the molecule is FC(F)(F)Oc1ccc2nc(Cl)nnc2c1. The van der Waals surface area contributed by atoms with Gasteiger partial charge >= 0.3 is 6.36 Å². The Morgan fingerprint density at radius 1 is 1.12 bits per heavy atom. The Kier molecular flexibility index (Phi) is 2.55. The van der Waals surface area contributed by atoms with Crippen LogP contribution in [0.25, 0.3) is 11.0 Å². The summed E-state index contributed by atoms with van der Waals surface area (Å²) in [7, 11) is 0. The van der Waals surface area contributed by atoms with Gasteiger partial charge in [-0.3, -0.25) is 0 Å². The van der Waals surface area contributed by atoms with Crippen molar-refractivity contribution in [2.45, 2.75) is 6.36 Å². The molecule has 0 aliphatic rings. The fourth-order valence-corrected chi connectivity index (χ4v) is 1.22. The van der Waals surface area contributed by atoms with Gasteiger partial charge in [-0.15, -0.1) is 23.4 Å². The van der Waals surface area contributed by atoms with E-state index in [-0.39, 0.29) is 16.5 Å². The van der Waals surface area contributed by atoms with Crippen molar-refractivity contribution in [2.24, 2.45) is 0 Å². The van der Waals surface area contributed by atoms with Crippen molar-refractivity contribution >= 4 is 22.6 Å². The number of fused-ring (bicyclic) bond motifs is 1. The smallest absolute Gasteiger partial charge is 0.406 e. The average molecular weight is 250 g/mol. The summed E-state index contributed by atoms with van der Waals surface area (Å²) in [6.45, 7) is 0. The van der Waals surface area contributed by atoms with Gasteiger partial charge in [0, 0.05) is 6.07 Å². The van der Waals surface area contributed by atoms with Gasteiger partial charge in [-0.1, -0.05) is 0 Å². The van der Waals surface area contributed by atoms with Crippen molar-refractivity contribution in [3.63, 3.8) is 0 Å². The number of hydrogen-bond donors (Lipinski definition) is 0. The van der Waals surface area contributed by atoms with Crippen LogP contribution in [0.2, 0.25) is 5.28 Å². The normalized spacial score (nSPS) is 11.8. The fraction of sp³-hybridized carbons (Fsp3) is 0.125. The number of halogens is 4. The van der Waals surface area contributed by atoms with Crippen LogP contribution in [-0.2, 0) is 0 Å². The van der Waals surface area contributed by atoms with Gasteiger partial charge < -0.3 is 4.74 Å². The molecule has 8 heteroatoms. The van der Waals surface area contributed by atoms with Crippen LogP contribution in [0.3, 0.4) is 0 Å². The Morgan fingerprint density at radius 3 is 2.56 bits per heavy atom. The van der Waals surface area contributed by atoms with Gasteiger partial charge in [-0.2, -0.15) is 0 Å². The minimum Gasteiger partial charge on any atom is -0.406 e. The number of aromatic nitrogens is 3. The molecule has 0 N–H and O–H groups in total. The van der Waals surface area contributed by atoms with Crippen LogP contribution in [0.15, 0.2) is 18.2 Å². The van der Waals surface area contributed by atoms with E-state index in [0.717, 1.165) is 12.1 Å². The van der Waals surface area contributed by atoms with E-state index in [1.807, 2.05) is 0 Å². The molecule has 1 aromatic heterocycles. The second-order valence-electron chi connectivity index (χ2n) is 2.78. The highest BCUT2D eigenvalue weighted by Gasteiger charge is 2.31. The van der Waals surface area contributed by atoms with Crippen LogP contribution in [0.1, 0.15) is 0 Å². The van der Waals surface area contributed by atoms with Crippen LogP contribution in [0.5, 0.6) is 5.75 Å². The average Bonchev–Trinajstić information content (AvgIpc) is 2.16. The summed E-state index contributed by atoms with van der Waals surface area (Å²) in [5.74, 6) is -0.376. The Hall–Kier alpha value is -1.63. The summed E-state index contributed by atoms with van der Waals surface area (Å²) in [5.41, 5.74) is 0.515. The van der Waals surface area contributed by atoms with Crippen LogP contribution in [0, 0.1) is 0 Å². The first-order valence-electron chi connectivity index (χ1n) is 4.00. The lowest BCUT2D eigenvalue weighted by molar-refractivity contribution is -0.274. The number of alkyl halides is 3. The molecule has 0 unspecified atom stereocenters. The van der Waals surface area contributed by atoms with Crippen LogP contribution < -0.4 is 4.74 Å². The third-order valence-corrected chi connectivity index (χ3v) is 1.79. The van der Waals surface area contributed by atoms with E-state index in [9.17, 15) is 13.2 Å². The quantitative estimate of drug-likeness (QED) is 0.779. The Morgan fingerprint density at radius 2 is 1.88 bits per heavy atom. The van der Waals surface area contributed by atoms with E-state index in [4.69, 9.17) is 11.6 Å². The zero-order valence-corrected chi connectivity index (χ0v) is 8.25. The highest BCUT2D eigenvalue weighted by atomic mass is 35.5. The summed E-state index contributed by atoms with van der Waals surface area (Å²) in [4.78, 5) is 3.77. The van der Waals surface area contributed by atoms with Crippen molar-refractivity contribution in [1.29, 1.82) is 0 Å². The maximum atomic E-state index is 11.9. The van der Waals surface area contributed by atoms with E-state index in [1.165, 1.54) is 6.07 Å². The lowest BCUT2D eigenvalue weighted by atomic mass is 10.3. The first-order chi connectivity index (χ1) is 7.44. The molecule has 2 aromatic rings. The standard InChI is InChI=1S/C8H3ClF3N3O/c9-7-13-5-2-1-4(16-8(10,11)12)3-6(5)14-15-7/h1-3H. The largest absolute Gasteiger partial charge is 0.573 e. The highest BCUT2D eigenvalue weighted by molar-refractivity contribution is 6.28. The van der Waals surface area contributed by atoms with Gasteiger partial charge in [0.2, 0.25) is 5.28 Å². The van der Waals surface area contributed by atoms with Gasteiger partial charge in [-0.25, -0.2) is 4.98 Å². The molecule has 0 aliphatic heterocycles. The molecule has 84 valence electrons. The Balaban J connectivity index is 2.41. The molecular weight excluding hydrogens is 247 g/mol. The fourth-order valence-electron chi connectivity index (χ4n) is 1.09. The number of hydrogen-bond acceptors (Lipinski definition) is 4. The van der Waals surface area contributed by atoms with E-state index in [1.54, 1.807) is 0 Å². The Labute approximate surface area is 92.0 Å². The summed E-state index contributed by atoms with van der Waals surface area (Å²) in [5, 5.41) is 6.92. The van der Waals surface area contributed by atoms with Crippen molar-refractivity contribution in [1.82, 2.24) is 15.2 Å². The predicted octanol–water partition coefficient (Wildman–Crippen LogP) is 2.58. The lowest BCUT2D eigenvalue weighted by Crippen LogP contribution is -2.17. The highest BCUT2D eigenvalue weighted by Crippen LogP contribution is 2.24. The van der Waals surface area contributed by atoms with Crippen molar-refractivity contribution in [3.8, 4) is 5.75 Å². The van der Waals surface area contributed by atoms with Crippen molar-refractivity contribution in [3.05, 3.63) is 23.5 Å². The van der Waals surface area contributed by atoms with E-state index >= 15 is 0 Å². The second-order valence-corrected chi connectivity index (χ2v) is 3.12. The molecule has 2 rings (SSSR count). The number of rotatable bonds is 1. The van der Waals surface area contributed by atoms with E-state index < -0.39 is 6.36 Å². The molecule has 1 heterocycles. The predicted molar refractivity (Wildman–Crippen MR) is 49.0 cm³/mol. The monoisotopic (exact) mass is 249 g/mol. The zero-order chi connectivity index (χ0) is 11.8. The van der Waals surface area contributed by atoms with Gasteiger partial charge in [0.25, 0.3) is 0 Å². The zero-order valence-electron chi connectivity index (χ0n) is 7.49. The number of ether oxygens (including phenoxy) is 1. The molecule has 0 fully saturated rings. The first-order valence-corrected chi connectivity index (χ1v) is 4.37. The van der Waals surface area contributed by atoms with Gasteiger partial charge in [-0.05, 0) is 23.7 Å². The maximum absolute atomic E-state index is 11.9. The lowest BCUT2D eigenvalue weighted by Gasteiger charge is -2.08. The van der Waals surface area contributed by atoms with Crippen LogP contribution >= 0.6 is 11.6 Å². The minimum absolute atomic E-state index is 0.0722. The maximum Gasteiger partial charge on any atom is 0.573 e. The molecule has 0 radical (unpaired) electrons. The third kappa shape index (κ3) is 2.48. The molecule has 0 spiro atoms. The second kappa shape index (κ2) is 3.75. The molecular formula is C8H3ClF3N3O. The molecule has 1 aromatic carbocycles. The third-order valence-electron chi connectivity index (χ3n) is 1.63. The van der Waals surface area contributed by atoms with Crippen molar-refractivity contribution < 1.29 is 17.9 Å². The molecule has 4 nitrogen and oxygen atoms in total. The van der Waals surface area contributed by atoms with Gasteiger partial charge in [0.1, 0.15) is 11.3 Å². The minimum atomic E-state index is -4.74. The van der Waals surface area contributed by atoms with E-state index in [2.05, 4.69) is 19.9 Å². The number of benzene rings is 1. The number of nitrogens with zero attached hydrogens (tertiary/aromatic N) is 3. The van der Waals surface area contributed by atoms with Crippen molar-refractivity contribution in [2.75, 3.05) is 0 Å². The van der Waals surface area contributed by atoms with E-state index in [0.29, 0.717) is 5.52 Å². The summed E-state index contributed by atoms with van der Waals surface area (Å²) in [6.07, 6.45) is -4.74. The molecule has 0 amide bonds. The molecule has 16 heavy (non-hydrogen) atoms. The molecule has 0 atom stereocenters. The summed E-state index contributed by atoms with van der Waals surface area (Å²) in [6, 6.07) is 3.52.